The molecular weight excluding hydrogens is 202 g/mol. The molecule has 16 heavy (non-hydrogen) atoms. The van der Waals surface area contributed by atoms with E-state index in [4.69, 9.17) is 5.73 Å². The molecule has 2 aliphatic heterocycles. The number of nitrogens with zero attached hydrogens (tertiary/aromatic N) is 2. The van der Waals surface area contributed by atoms with Crippen LogP contribution in [0.15, 0.2) is 6.20 Å². The van der Waals surface area contributed by atoms with Crippen LogP contribution in [-0.2, 0) is 0 Å². The molecule has 2 fully saturated rings. The summed E-state index contributed by atoms with van der Waals surface area (Å²) in [5, 5.41) is 10.2. The first-order chi connectivity index (χ1) is 7.84. The number of fused-ring (bicyclic) bond motifs is 1. The van der Waals surface area contributed by atoms with E-state index in [1.54, 1.807) is 6.20 Å². The summed E-state index contributed by atoms with van der Waals surface area (Å²) in [6.07, 6.45) is 7.03. The first-order valence-corrected chi connectivity index (χ1v) is 6.14. The van der Waals surface area contributed by atoms with Crippen LogP contribution in [0.4, 0.5) is 11.5 Å². The molecule has 1 aromatic heterocycles. The average Bonchev–Trinajstić information content (AvgIpc) is 2.88. The molecule has 0 spiro atoms. The third-order valence-corrected chi connectivity index (χ3v) is 3.87. The minimum atomic E-state index is 0.542. The topological polar surface area (TPSA) is 70.0 Å². The number of aromatic nitrogens is 2. The van der Waals surface area contributed by atoms with Gasteiger partial charge in [0.05, 0.1) is 11.9 Å². The van der Waals surface area contributed by atoms with E-state index in [1.165, 1.54) is 38.8 Å². The maximum atomic E-state index is 5.79. The molecule has 0 amide bonds. The Labute approximate surface area is 95.4 Å². The van der Waals surface area contributed by atoms with E-state index in [2.05, 4.69) is 20.4 Å². The third kappa shape index (κ3) is 1.65. The van der Waals surface area contributed by atoms with Gasteiger partial charge in [0.15, 0.2) is 0 Å². The van der Waals surface area contributed by atoms with E-state index in [9.17, 15) is 0 Å². The van der Waals surface area contributed by atoms with Crippen LogP contribution in [0.3, 0.4) is 0 Å². The smallest absolute Gasteiger partial charge is 0.142 e. The van der Waals surface area contributed by atoms with Gasteiger partial charge in [-0.2, -0.15) is 5.10 Å². The molecule has 0 saturated carbocycles. The quantitative estimate of drug-likeness (QED) is 0.697. The highest BCUT2D eigenvalue weighted by molar-refractivity contribution is 5.60. The lowest BCUT2D eigenvalue weighted by Gasteiger charge is -2.32. The second-order valence-electron chi connectivity index (χ2n) is 4.84. The fraction of sp³-hybridized carbons (Fsp3) is 0.727. The second kappa shape index (κ2) is 3.97. The van der Waals surface area contributed by atoms with E-state index in [0.29, 0.717) is 17.9 Å². The van der Waals surface area contributed by atoms with Gasteiger partial charge in [0.2, 0.25) is 0 Å². The van der Waals surface area contributed by atoms with Crippen LogP contribution in [0, 0.1) is 0 Å². The van der Waals surface area contributed by atoms with Crippen molar-refractivity contribution in [1.29, 1.82) is 0 Å². The molecule has 2 unspecified atom stereocenters. The zero-order valence-electron chi connectivity index (χ0n) is 9.45. The van der Waals surface area contributed by atoms with Gasteiger partial charge in [-0.25, -0.2) is 0 Å². The Morgan fingerprint density at radius 2 is 2.31 bits per heavy atom. The van der Waals surface area contributed by atoms with Crippen molar-refractivity contribution in [2.24, 2.45) is 0 Å². The Morgan fingerprint density at radius 3 is 3.12 bits per heavy atom. The van der Waals surface area contributed by atoms with E-state index >= 15 is 0 Å². The summed E-state index contributed by atoms with van der Waals surface area (Å²) in [5.74, 6) is 0.647. The van der Waals surface area contributed by atoms with Crippen LogP contribution >= 0.6 is 0 Å². The van der Waals surface area contributed by atoms with Crippen LogP contribution in [-0.4, -0.2) is 40.3 Å². The summed E-state index contributed by atoms with van der Waals surface area (Å²) >= 11 is 0. The van der Waals surface area contributed by atoms with Crippen molar-refractivity contribution in [2.45, 2.75) is 37.8 Å². The summed E-state index contributed by atoms with van der Waals surface area (Å²) in [5.41, 5.74) is 6.75. The van der Waals surface area contributed by atoms with E-state index in [-0.39, 0.29) is 0 Å². The first kappa shape index (κ1) is 9.96. The first-order valence-electron chi connectivity index (χ1n) is 6.14. The van der Waals surface area contributed by atoms with Crippen LogP contribution < -0.4 is 11.1 Å². The van der Waals surface area contributed by atoms with Crippen LogP contribution in [0.2, 0.25) is 0 Å². The monoisotopic (exact) mass is 221 g/mol. The Kier molecular flexibility index (Phi) is 2.47. The molecule has 3 rings (SSSR count). The number of piperidine rings is 1. The van der Waals surface area contributed by atoms with Gasteiger partial charge in [-0.3, -0.25) is 10.00 Å². The van der Waals surface area contributed by atoms with Crippen LogP contribution in [0.1, 0.15) is 25.7 Å². The lowest BCUT2D eigenvalue weighted by Crippen LogP contribution is -2.41. The fourth-order valence-corrected chi connectivity index (χ4v) is 3.03. The van der Waals surface area contributed by atoms with Gasteiger partial charge < -0.3 is 11.1 Å². The molecule has 4 N–H and O–H groups in total. The Bertz CT molecular complexity index is 361. The summed E-state index contributed by atoms with van der Waals surface area (Å²) in [7, 11) is 0. The molecular formula is C11H19N5. The maximum absolute atomic E-state index is 5.79. The fourth-order valence-electron chi connectivity index (χ4n) is 3.03. The number of rotatable bonds is 2. The molecule has 0 radical (unpaired) electrons. The summed E-state index contributed by atoms with van der Waals surface area (Å²) in [6, 6.07) is 1.24. The number of nitrogens with one attached hydrogen (secondary N) is 2. The zero-order chi connectivity index (χ0) is 11.0. The van der Waals surface area contributed by atoms with Gasteiger partial charge in [-0.15, -0.1) is 0 Å². The summed E-state index contributed by atoms with van der Waals surface area (Å²) in [4.78, 5) is 2.61. The number of aromatic amines is 1. The standard InChI is InChI=1S/C11H19N5/c12-11-9(7-13-15-11)14-8-4-6-16-5-2-1-3-10(8)16/h7-8,10,14H,1-6H2,(H3,12,13,15). The minimum Gasteiger partial charge on any atom is -0.382 e. The number of anilines is 2. The Hall–Kier alpha value is -1.23. The molecule has 88 valence electrons. The molecule has 5 nitrogen and oxygen atoms in total. The van der Waals surface area contributed by atoms with Crippen molar-refractivity contribution in [3.8, 4) is 0 Å². The van der Waals surface area contributed by atoms with Crippen molar-refractivity contribution >= 4 is 11.5 Å². The third-order valence-electron chi connectivity index (χ3n) is 3.87. The molecule has 0 aliphatic carbocycles. The molecule has 0 bridgehead atoms. The number of H-pyrrole nitrogens is 1. The molecule has 2 aliphatic rings. The van der Waals surface area contributed by atoms with E-state index < -0.39 is 0 Å². The van der Waals surface area contributed by atoms with Gasteiger partial charge in [0.25, 0.3) is 0 Å². The zero-order valence-corrected chi connectivity index (χ0v) is 9.45. The normalized spacial score (nSPS) is 30.2. The molecule has 5 heteroatoms. The Morgan fingerprint density at radius 1 is 1.38 bits per heavy atom. The minimum absolute atomic E-state index is 0.542. The van der Waals surface area contributed by atoms with Crippen LogP contribution in [0.5, 0.6) is 0 Å². The van der Waals surface area contributed by atoms with Crippen molar-refractivity contribution < 1.29 is 0 Å². The predicted octanol–water partition coefficient (Wildman–Crippen LogP) is 1.03. The lowest BCUT2D eigenvalue weighted by molar-refractivity contribution is 0.193. The number of nitrogens with two attached hydrogens (primary N) is 1. The van der Waals surface area contributed by atoms with Gasteiger partial charge in [-0.1, -0.05) is 6.42 Å². The van der Waals surface area contributed by atoms with Gasteiger partial charge in [0, 0.05) is 18.6 Å². The van der Waals surface area contributed by atoms with E-state index in [0.717, 1.165) is 5.69 Å². The molecule has 1 aromatic rings. The summed E-state index contributed by atoms with van der Waals surface area (Å²) in [6.45, 7) is 2.49. The highest BCUT2D eigenvalue weighted by Crippen LogP contribution is 2.30. The van der Waals surface area contributed by atoms with Gasteiger partial charge in [-0.05, 0) is 25.8 Å². The highest BCUT2D eigenvalue weighted by Gasteiger charge is 2.35. The second-order valence-corrected chi connectivity index (χ2v) is 4.84. The molecule has 3 heterocycles. The molecule has 0 aromatic carbocycles. The van der Waals surface area contributed by atoms with Crippen molar-refractivity contribution in [2.75, 3.05) is 24.1 Å². The molecule has 2 atom stereocenters. The number of hydrogen-bond donors (Lipinski definition) is 3. The maximum Gasteiger partial charge on any atom is 0.142 e. The van der Waals surface area contributed by atoms with Crippen molar-refractivity contribution in [1.82, 2.24) is 15.1 Å². The summed E-state index contributed by atoms with van der Waals surface area (Å²) < 4.78 is 0. The van der Waals surface area contributed by atoms with Gasteiger partial charge >= 0.3 is 0 Å². The van der Waals surface area contributed by atoms with Crippen LogP contribution in [0.25, 0.3) is 0 Å². The van der Waals surface area contributed by atoms with E-state index in [1.807, 2.05) is 0 Å². The van der Waals surface area contributed by atoms with Crippen molar-refractivity contribution in [3.05, 3.63) is 6.20 Å². The number of hydrogen-bond acceptors (Lipinski definition) is 4. The SMILES string of the molecule is Nc1[nH]ncc1NC1CCN2CCCCC12. The van der Waals surface area contributed by atoms with Gasteiger partial charge in [0.1, 0.15) is 5.82 Å². The largest absolute Gasteiger partial charge is 0.382 e. The lowest BCUT2D eigenvalue weighted by atomic mass is 9.99. The highest BCUT2D eigenvalue weighted by atomic mass is 15.2. The average molecular weight is 221 g/mol. The van der Waals surface area contributed by atoms with Crippen molar-refractivity contribution in [3.63, 3.8) is 0 Å². The Balaban J connectivity index is 1.69. The molecule has 2 saturated heterocycles. The number of nitrogen functional groups attached to an aromatic ring is 1. The predicted molar refractivity (Wildman–Crippen MR) is 64.2 cm³/mol.